The van der Waals surface area contributed by atoms with Gasteiger partial charge in [-0.1, -0.05) is 0 Å². The predicted octanol–water partition coefficient (Wildman–Crippen LogP) is 4.00. The molecule has 1 aliphatic carbocycles. The molecule has 7 nitrogen and oxygen atoms in total. The van der Waals surface area contributed by atoms with Crippen molar-refractivity contribution in [2.24, 2.45) is 14.8 Å². The molecule has 0 aromatic carbocycles. The van der Waals surface area contributed by atoms with E-state index in [2.05, 4.69) is 4.98 Å². The Balaban J connectivity index is 1.90. The first-order valence-corrected chi connectivity index (χ1v) is 12.6. The number of aliphatic imine (C=N–C) groups is 1. The normalized spacial score (nSPS) is 32.5. The number of carbonyl (C=O) groups excluding carboxylic acids is 1. The zero-order chi connectivity index (χ0) is 23.7. The van der Waals surface area contributed by atoms with E-state index in [0.29, 0.717) is 18.7 Å². The number of ether oxygens (including phenoxy) is 1. The number of nitrogens with zero attached hydrogens (tertiary/aromatic N) is 3. The second kappa shape index (κ2) is 6.98. The van der Waals surface area contributed by atoms with E-state index >= 15 is 4.39 Å². The molecule has 0 unspecified atom stereocenters. The van der Waals surface area contributed by atoms with Crippen LogP contribution in [0.4, 0.5) is 10.2 Å². The molecular formula is C23H33FN4O3S. The molecule has 0 saturated heterocycles. The van der Waals surface area contributed by atoms with Crippen LogP contribution in [-0.2, 0) is 24.8 Å². The molecule has 32 heavy (non-hydrogen) atoms. The fourth-order valence-electron chi connectivity index (χ4n) is 4.90. The molecule has 1 fully saturated rings. The monoisotopic (exact) mass is 464 g/mol. The van der Waals surface area contributed by atoms with Crippen LogP contribution in [0.2, 0.25) is 0 Å². The molecule has 0 amide bonds. The van der Waals surface area contributed by atoms with Gasteiger partial charge in [-0.25, -0.2) is 17.9 Å². The molecule has 176 valence electrons. The first kappa shape index (κ1) is 23.1. The van der Waals surface area contributed by atoms with Crippen LogP contribution in [0.15, 0.2) is 21.5 Å². The molecular weight excluding hydrogens is 431 g/mol. The van der Waals surface area contributed by atoms with Crippen LogP contribution in [0.3, 0.4) is 0 Å². The van der Waals surface area contributed by atoms with Crippen LogP contribution < -0.4 is 5.73 Å². The maximum absolute atomic E-state index is 15.1. The maximum Gasteiger partial charge on any atom is 0.312 e. The summed E-state index contributed by atoms with van der Waals surface area (Å²) in [5.74, 6) is -0.862. The van der Waals surface area contributed by atoms with Gasteiger partial charge in [0.1, 0.15) is 28.5 Å². The van der Waals surface area contributed by atoms with Crippen molar-refractivity contribution in [3.05, 3.63) is 23.6 Å². The summed E-state index contributed by atoms with van der Waals surface area (Å²) in [6.45, 7) is 11.3. The van der Waals surface area contributed by atoms with Gasteiger partial charge >= 0.3 is 5.97 Å². The lowest BCUT2D eigenvalue weighted by atomic mass is 9.84. The number of hydrogen-bond acceptors (Lipinski definition) is 7. The summed E-state index contributed by atoms with van der Waals surface area (Å²) in [6, 6.07) is 2.66. The fourth-order valence-corrected chi connectivity index (χ4v) is 8.40. The topological polar surface area (TPSA) is 107 Å². The molecule has 1 spiro atoms. The van der Waals surface area contributed by atoms with Crippen LogP contribution in [0.5, 0.6) is 0 Å². The lowest BCUT2D eigenvalue weighted by Gasteiger charge is -2.50. The molecule has 1 saturated carbocycles. The number of fused-ring (bicyclic) bond motifs is 1. The van der Waals surface area contributed by atoms with Crippen molar-refractivity contribution in [3.63, 3.8) is 0 Å². The highest BCUT2D eigenvalue weighted by Crippen LogP contribution is 2.59. The number of pyridine rings is 1. The van der Waals surface area contributed by atoms with Crippen molar-refractivity contribution in [1.82, 2.24) is 4.98 Å². The number of aromatic nitrogens is 1. The molecule has 3 atom stereocenters. The van der Waals surface area contributed by atoms with Crippen molar-refractivity contribution in [3.8, 4) is 0 Å². The molecule has 3 heterocycles. The Hall–Kier alpha value is -2.03. The molecule has 9 heteroatoms. The Morgan fingerprint density at radius 3 is 2.53 bits per heavy atom. The number of anilines is 1. The summed E-state index contributed by atoms with van der Waals surface area (Å²) in [5, 5.41) is -0.535. The van der Waals surface area contributed by atoms with E-state index in [1.807, 2.05) is 13.8 Å². The second-order valence-electron chi connectivity index (χ2n) is 11.1. The summed E-state index contributed by atoms with van der Waals surface area (Å²) in [4.78, 5) is 22.0. The third-order valence-corrected chi connectivity index (χ3v) is 10.7. The molecule has 1 aromatic heterocycles. The van der Waals surface area contributed by atoms with Gasteiger partial charge in [-0.2, -0.15) is 0 Å². The van der Waals surface area contributed by atoms with E-state index in [-0.39, 0.29) is 23.3 Å². The highest BCUT2D eigenvalue weighted by molar-refractivity contribution is 7.96. The smallest absolute Gasteiger partial charge is 0.312 e. The van der Waals surface area contributed by atoms with Gasteiger partial charge in [0.15, 0.2) is 0 Å². The van der Waals surface area contributed by atoms with Gasteiger partial charge in [-0.15, -0.1) is 0 Å². The fraction of sp³-hybridized carbons (Fsp3) is 0.696. The highest BCUT2D eigenvalue weighted by atomic mass is 32.2. The minimum absolute atomic E-state index is 0.0118. The van der Waals surface area contributed by atoms with Crippen LogP contribution in [0, 0.1) is 11.2 Å². The van der Waals surface area contributed by atoms with E-state index in [1.54, 1.807) is 27.7 Å². The van der Waals surface area contributed by atoms with Gasteiger partial charge in [0.2, 0.25) is 0 Å². The largest absolute Gasteiger partial charge is 0.460 e. The average Bonchev–Trinajstić information content (AvgIpc) is 3.42. The zero-order valence-corrected chi connectivity index (χ0v) is 20.5. The van der Waals surface area contributed by atoms with Crippen LogP contribution in [0.1, 0.15) is 72.9 Å². The van der Waals surface area contributed by atoms with Crippen molar-refractivity contribution in [1.29, 1.82) is 0 Å². The van der Waals surface area contributed by atoms with Gasteiger partial charge in [-0.05, 0) is 78.4 Å². The van der Waals surface area contributed by atoms with Crippen molar-refractivity contribution in [2.45, 2.75) is 88.4 Å². The van der Waals surface area contributed by atoms with Gasteiger partial charge in [0, 0.05) is 5.71 Å². The van der Waals surface area contributed by atoms with E-state index < -0.39 is 42.7 Å². The number of halogens is 1. The first-order chi connectivity index (χ1) is 14.6. The summed E-state index contributed by atoms with van der Waals surface area (Å²) in [6.07, 6.45) is 2.52. The number of esters is 1. The Kier molecular flexibility index (Phi) is 5.05. The number of rotatable bonds is 3. The third kappa shape index (κ3) is 3.62. The van der Waals surface area contributed by atoms with Crippen LogP contribution in [0.25, 0.3) is 0 Å². The third-order valence-electron chi connectivity index (χ3n) is 7.05. The number of hydrogen-bond donors (Lipinski definition) is 1. The average molecular weight is 465 g/mol. The molecule has 1 aromatic rings. The van der Waals surface area contributed by atoms with E-state index in [9.17, 15) is 9.00 Å². The minimum Gasteiger partial charge on any atom is -0.460 e. The standard InChI is InChI=1S/C23H33FN4O3S/c1-20(2,3)31-18(29)11-15-21(4,5)32(30)16(12-23(9-10-23)13-26-32)22(6,28-15)19-14(24)7-8-17(25)27-19/h7-8,16H,9-13H2,1-6H3,(H2,25,27)/t16-,22-,32+/m0/s1. The van der Waals surface area contributed by atoms with Crippen LogP contribution >= 0.6 is 0 Å². The quantitative estimate of drug-likeness (QED) is 0.680. The van der Waals surface area contributed by atoms with E-state index in [0.717, 1.165) is 12.8 Å². The second-order valence-corrected chi connectivity index (χ2v) is 14.1. The van der Waals surface area contributed by atoms with Crippen molar-refractivity contribution in [2.75, 3.05) is 12.3 Å². The molecule has 4 rings (SSSR count). The molecule has 2 N–H and O–H groups in total. The van der Waals surface area contributed by atoms with Gasteiger partial charge < -0.3 is 10.5 Å². The molecule has 0 radical (unpaired) electrons. The zero-order valence-electron chi connectivity index (χ0n) is 19.7. The predicted molar refractivity (Wildman–Crippen MR) is 123 cm³/mol. The first-order valence-electron chi connectivity index (χ1n) is 11.1. The van der Waals surface area contributed by atoms with Crippen molar-refractivity contribution < 1.29 is 18.1 Å². The van der Waals surface area contributed by atoms with Gasteiger partial charge in [0.25, 0.3) is 0 Å². The number of carbonyl (C=O) groups is 1. The Bertz CT molecular complexity index is 1130. The highest BCUT2D eigenvalue weighted by Gasteiger charge is 2.62. The SMILES string of the molecule is CC(C)(C)OC(=O)CC1=N[C@](C)(c2nc(N)ccc2F)[C@@H]2CC3(CC3)CN=[S@]2(=O)C1(C)C. The van der Waals surface area contributed by atoms with E-state index in [1.165, 1.54) is 12.1 Å². The maximum atomic E-state index is 15.1. The summed E-state index contributed by atoms with van der Waals surface area (Å²) < 4.78 is 39.0. The Morgan fingerprint density at radius 1 is 1.28 bits per heavy atom. The molecule has 0 bridgehead atoms. The van der Waals surface area contributed by atoms with Crippen LogP contribution in [-0.4, -0.2) is 43.0 Å². The lowest BCUT2D eigenvalue weighted by molar-refractivity contribution is -0.153. The van der Waals surface area contributed by atoms with Crippen molar-refractivity contribution >= 4 is 27.2 Å². The van der Waals surface area contributed by atoms with Gasteiger partial charge in [0.05, 0.1) is 32.7 Å². The van der Waals surface area contributed by atoms with E-state index in [4.69, 9.17) is 19.8 Å². The molecule has 3 aliphatic rings. The minimum atomic E-state index is -2.93. The summed E-state index contributed by atoms with van der Waals surface area (Å²) in [5.41, 5.74) is 4.44. The Morgan fingerprint density at radius 2 is 1.94 bits per heavy atom. The van der Waals surface area contributed by atoms with Gasteiger partial charge in [-0.3, -0.25) is 9.79 Å². The number of nitrogen functional groups attached to an aromatic ring is 1. The Labute approximate surface area is 189 Å². The lowest BCUT2D eigenvalue weighted by Crippen LogP contribution is -2.60. The number of nitrogens with two attached hydrogens (primary N) is 1. The summed E-state index contributed by atoms with van der Waals surface area (Å²) in [7, 11) is -2.93. The summed E-state index contributed by atoms with van der Waals surface area (Å²) >= 11 is 0. The molecule has 2 aliphatic heterocycles.